The Bertz CT molecular complexity index is 511. The first-order valence-corrected chi connectivity index (χ1v) is 4.76. The van der Waals surface area contributed by atoms with Crippen LogP contribution in [-0.4, -0.2) is 17.0 Å². The molecule has 0 atom stereocenters. The molecule has 0 bridgehead atoms. The molecule has 16 heavy (non-hydrogen) atoms. The third kappa shape index (κ3) is 1.99. The molecule has 3 N–H and O–H groups in total. The molecule has 1 fully saturated rings. The van der Waals surface area contributed by atoms with Crippen molar-refractivity contribution in [1.82, 2.24) is 10.6 Å². The second kappa shape index (κ2) is 3.86. The van der Waals surface area contributed by atoms with Crippen LogP contribution in [0.1, 0.15) is 5.56 Å². The van der Waals surface area contributed by atoms with Crippen molar-refractivity contribution in [2.75, 3.05) is 0 Å². The average molecular weight is 239 g/mol. The zero-order valence-electron chi connectivity index (χ0n) is 7.95. The highest BCUT2D eigenvalue weighted by Gasteiger charge is 2.23. The molecule has 0 spiro atoms. The lowest BCUT2D eigenvalue weighted by atomic mass is 10.1. The fraction of sp³-hybridized carbons (Fsp3) is 0. The van der Waals surface area contributed by atoms with E-state index in [-0.39, 0.29) is 11.4 Å². The largest absolute Gasteiger partial charge is 0.507 e. The highest BCUT2D eigenvalue weighted by Crippen LogP contribution is 2.23. The summed E-state index contributed by atoms with van der Waals surface area (Å²) in [5.41, 5.74) is 0.433. The number of amides is 3. The standard InChI is InChI=1S/C10H7ClN2O3/c11-6-1-2-8(14)5(3-6)4-7-9(15)13-10(16)12-7/h1-4,14H,(H2,12,13,15,16). The van der Waals surface area contributed by atoms with E-state index in [0.717, 1.165) is 0 Å². The smallest absolute Gasteiger partial charge is 0.326 e. The first kappa shape index (κ1) is 10.5. The molecule has 1 heterocycles. The van der Waals surface area contributed by atoms with Crippen LogP contribution >= 0.6 is 11.6 Å². The number of phenols is 1. The van der Waals surface area contributed by atoms with E-state index in [0.29, 0.717) is 10.6 Å². The summed E-state index contributed by atoms with van der Waals surface area (Å²) in [5.74, 6) is -0.560. The topological polar surface area (TPSA) is 78.4 Å². The molecule has 1 aromatic carbocycles. The Kier molecular flexibility index (Phi) is 2.54. The van der Waals surface area contributed by atoms with E-state index in [1.54, 1.807) is 0 Å². The normalized spacial score (nSPS) is 17.4. The highest BCUT2D eigenvalue weighted by molar-refractivity contribution is 6.30. The maximum atomic E-state index is 11.2. The molecule has 0 aliphatic carbocycles. The van der Waals surface area contributed by atoms with Gasteiger partial charge in [0.25, 0.3) is 5.91 Å². The van der Waals surface area contributed by atoms with Crippen LogP contribution < -0.4 is 10.6 Å². The van der Waals surface area contributed by atoms with Crippen molar-refractivity contribution in [1.29, 1.82) is 0 Å². The number of urea groups is 1. The maximum Gasteiger partial charge on any atom is 0.326 e. The lowest BCUT2D eigenvalue weighted by molar-refractivity contribution is -0.115. The molecule has 0 saturated carbocycles. The van der Waals surface area contributed by atoms with Crippen molar-refractivity contribution < 1.29 is 14.7 Å². The molecule has 0 radical (unpaired) electrons. The first-order chi connectivity index (χ1) is 7.56. The zero-order valence-corrected chi connectivity index (χ0v) is 8.71. The number of halogens is 1. The van der Waals surface area contributed by atoms with Gasteiger partial charge in [0.05, 0.1) is 0 Å². The Hall–Kier alpha value is -2.01. The second-order valence-electron chi connectivity index (χ2n) is 3.17. The lowest BCUT2D eigenvalue weighted by Crippen LogP contribution is -2.22. The van der Waals surface area contributed by atoms with Crippen molar-refractivity contribution in [2.45, 2.75) is 0 Å². The molecule has 3 amide bonds. The predicted molar refractivity (Wildman–Crippen MR) is 57.8 cm³/mol. The van der Waals surface area contributed by atoms with Gasteiger partial charge >= 0.3 is 6.03 Å². The van der Waals surface area contributed by atoms with Gasteiger partial charge in [-0.05, 0) is 24.3 Å². The number of nitrogens with one attached hydrogen (secondary N) is 2. The van der Waals surface area contributed by atoms with Gasteiger partial charge in [-0.15, -0.1) is 0 Å². The predicted octanol–water partition coefficient (Wildman–Crippen LogP) is 1.23. The molecular formula is C10H7ClN2O3. The van der Waals surface area contributed by atoms with Gasteiger partial charge in [-0.2, -0.15) is 0 Å². The fourth-order valence-corrected chi connectivity index (χ4v) is 1.46. The third-order valence-corrected chi connectivity index (χ3v) is 2.24. The van der Waals surface area contributed by atoms with Crippen LogP contribution in [0.5, 0.6) is 5.75 Å². The number of benzene rings is 1. The van der Waals surface area contributed by atoms with Crippen molar-refractivity contribution in [3.8, 4) is 5.75 Å². The molecule has 2 rings (SSSR count). The number of aromatic hydroxyl groups is 1. The molecule has 0 unspecified atom stereocenters. The van der Waals surface area contributed by atoms with Gasteiger partial charge < -0.3 is 10.4 Å². The number of hydrogen-bond acceptors (Lipinski definition) is 3. The summed E-state index contributed by atoms with van der Waals surface area (Å²) in [7, 11) is 0. The van der Waals surface area contributed by atoms with Gasteiger partial charge in [-0.1, -0.05) is 11.6 Å². The van der Waals surface area contributed by atoms with E-state index in [9.17, 15) is 14.7 Å². The van der Waals surface area contributed by atoms with Crippen LogP contribution in [0.4, 0.5) is 4.79 Å². The number of phenolic OH excluding ortho intramolecular Hbond substituents is 1. The van der Waals surface area contributed by atoms with E-state index in [1.165, 1.54) is 24.3 Å². The number of rotatable bonds is 1. The highest BCUT2D eigenvalue weighted by atomic mass is 35.5. The van der Waals surface area contributed by atoms with Gasteiger partial charge in [0.2, 0.25) is 0 Å². The van der Waals surface area contributed by atoms with Gasteiger partial charge in [0.15, 0.2) is 0 Å². The monoisotopic (exact) mass is 238 g/mol. The summed E-state index contributed by atoms with van der Waals surface area (Å²) in [6, 6.07) is 3.83. The molecule has 5 nitrogen and oxygen atoms in total. The summed E-state index contributed by atoms with van der Waals surface area (Å²) in [4.78, 5) is 22.0. The van der Waals surface area contributed by atoms with Crippen molar-refractivity contribution in [3.05, 3.63) is 34.5 Å². The van der Waals surface area contributed by atoms with Crippen LogP contribution in [0.2, 0.25) is 5.02 Å². The van der Waals surface area contributed by atoms with Crippen LogP contribution in [-0.2, 0) is 4.79 Å². The van der Waals surface area contributed by atoms with E-state index in [1.807, 2.05) is 5.32 Å². The van der Waals surface area contributed by atoms with Crippen LogP contribution in [0.3, 0.4) is 0 Å². The molecular weight excluding hydrogens is 232 g/mol. The molecule has 1 aliphatic rings. The van der Waals surface area contributed by atoms with Crippen molar-refractivity contribution in [3.63, 3.8) is 0 Å². The molecule has 1 aliphatic heterocycles. The molecule has 6 heteroatoms. The third-order valence-electron chi connectivity index (χ3n) is 2.01. The molecule has 82 valence electrons. The average Bonchev–Trinajstić information content (AvgIpc) is 2.51. The molecule has 1 saturated heterocycles. The second-order valence-corrected chi connectivity index (χ2v) is 3.61. The van der Waals surface area contributed by atoms with Gasteiger partial charge in [0.1, 0.15) is 11.4 Å². The fourth-order valence-electron chi connectivity index (χ4n) is 1.28. The summed E-state index contributed by atoms with van der Waals surface area (Å²) >= 11 is 5.74. The molecule has 0 aromatic heterocycles. The number of hydrogen-bond donors (Lipinski definition) is 3. The summed E-state index contributed by atoms with van der Waals surface area (Å²) in [6.07, 6.45) is 1.35. The van der Waals surface area contributed by atoms with E-state index >= 15 is 0 Å². The SMILES string of the molecule is O=C1NC(=O)C(=Cc2cc(Cl)ccc2O)N1. The Morgan fingerprint density at radius 2 is 2.00 bits per heavy atom. The Morgan fingerprint density at radius 1 is 1.25 bits per heavy atom. The lowest BCUT2D eigenvalue weighted by Gasteiger charge is -2.00. The van der Waals surface area contributed by atoms with Crippen LogP contribution in [0, 0.1) is 0 Å². The quantitative estimate of drug-likeness (QED) is 0.509. The maximum absolute atomic E-state index is 11.2. The Morgan fingerprint density at radius 3 is 2.62 bits per heavy atom. The number of carbonyl (C=O) groups is 2. The van der Waals surface area contributed by atoms with Crippen LogP contribution in [0.25, 0.3) is 6.08 Å². The van der Waals surface area contributed by atoms with Crippen molar-refractivity contribution in [2.24, 2.45) is 0 Å². The van der Waals surface area contributed by atoms with E-state index in [4.69, 9.17) is 11.6 Å². The van der Waals surface area contributed by atoms with Gasteiger partial charge in [0, 0.05) is 10.6 Å². The Balaban J connectivity index is 2.39. The zero-order chi connectivity index (χ0) is 11.7. The van der Waals surface area contributed by atoms with E-state index < -0.39 is 11.9 Å². The minimum atomic E-state index is -0.585. The Labute approximate surface area is 95.7 Å². The minimum Gasteiger partial charge on any atom is -0.507 e. The van der Waals surface area contributed by atoms with E-state index in [2.05, 4.69) is 5.32 Å². The number of imide groups is 1. The minimum absolute atomic E-state index is 0.0224. The summed E-state index contributed by atoms with van der Waals surface area (Å²) in [5, 5.41) is 14.3. The summed E-state index contributed by atoms with van der Waals surface area (Å²) < 4.78 is 0. The van der Waals surface area contributed by atoms with Crippen molar-refractivity contribution >= 4 is 29.6 Å². The molecule has 1 aromatic rings. The first-order valence-electron chi connectivity index (χ1n) is 4.39. The summed E-state index contributed by atoms with van der Waals surface area (Å²) in [6.45, 7) is 0. The van der Waals surface area contributed by atoms with Gasteiger partial charge in [-0.3, -0.25) is 10.1 Å². The van der Waals surface area contributed by atoms with Crippen LogP contribution in [0.15, 0.2) is 23.9 Å². The number of carbonyl (C=O) groups excluding carboxylic acids is 2. The van der Waals surface area contributed by atoms with Gasteiger partial charge in [-0.25, -0.2) is 4.79 Å².